The van der Waals surface area contributed by atoms with E-state index in [1.807, 2.05) is 42.5 Å². The Morgan fingerprint density at radius 2 is 1.56 bits per heavy atom. The van der Waals surface area contributed by atoms with Crippen molar-refractivity contribution in [2.75, 3.05) is 20.8 Å². The van der Waals surface area contributed by atoms with Crippen LogP contribution in [-0.4, -0.2) is 26.7 Å². The number of hydrogen-bond donors (Lipinski definition) is 1. The lowest BCUT2D eigenvalue weighted by Gasteiger charge is -2.16. The number of hydrogen-bond acceptors (Lipinski definition) is 3. The van der Waals surface area contributed by atoms with Gasteiger partial charge in [-0.2, -0.15) is 0 Å². The summed E-state index contributed by atoms with van der Waals surface area (Å²) < 4.78 is 10.3. The Kier molecular flexibility index (Phi) is 5.08. The molecule has 130 valence electrons. The van der Waals surface area contributed by atoms with E-state index in [0.29, 0.717) is 6.54 Å². The van der Waals surface area contributed by atoms with E-state index in [9.17, 15) is 4.79 Å². The Morgan fingerprint density at radius 1 is 1.00 bits per heavy atom. The van der Waals surface area contributed by atoms with Gasteiger partial charge in [-0.1, -0.05) is 24.3 Å². The van der Waals surface area contributed by atoms with Crippen molar-refractivity contribution in [3.8, 4) is 11.5 Å². The molecule has 1 aliphatic carbocycles. The molecule has 1 N–H and O–H groups in total. The molecule has 3 rings (SSSR count). The second-order valence-corrected chi connectivity index (χ2v) is 6.33. The third-order valence-corrected chi connectivity index (χ3v) is 4.70. The van der Waals surface area contributed by atoms with Gasteiger partial charge in [0.1, 0.15) is 11.5 Å². The molecule has 0 aliphatic heterocycles. The topological polar surface area (TPSA) is 47.6 Å². The molecule has 0 heterocycles. The highest BCUT2D eigenvalue weighted by atomic mass is 16.5. The zero-order valence-electron chi connectivity index (χ0n) is 14.6. The fourth-order valence-corrected chi connectivity index (χ4v) is 2.87. The molecule has 25 heavy (non-hydrogen) atoms. The van der Waals surface area contributed by atoms with Crippen LogP contribution in [0, 0.1) is 0 Å². The molecule has 0 spiro atoms. The fourth-order valence-electron chi connectivity index (χ4n) is 2.87. The molecule has 0 saturated heterocycles. The number of benzene rings is 2. The van der Waals surface area contributed by atoms with Crippen LogP contribution >= 0.6 is 0 Å². The third kappa shape index (κ3) is 4.21. The van der Waals surface area contributed by atoms with E-state index in [4.69, 9.17) is 9.47 Å². The molecule has 0 aromatic heterocycles. The number of nitrogens with one attached hydrogen (secondary N) is 1. The van der Waals surface area contributed by atoms with E-state index in [1.54, 1.807) is 20.3 Å². The maximum atomic E-state index is 12.1. The molecule has 0 bridgehead atoms. The molecule has 1 saturated carbocycles. The van der Waals surface area contributed by atoms with Crippen LogP contribution in [0.1, 0.15) is 24.0 Å². The van der Waals surface area contributed by atoms with Gasteiger partial charge in [0.2, 0.25) is 5.91 Å². The first-order valence-electron chi connectivity index (χ1n) is 8.40. The van der Waals surface area contributed by atoms with Crippen molar-refractivity contribution in [3.05, 3.63) is 65.7 Å². The first-order chi connectivity index (χ1) is 12.1. The maximum absolute atomic E-state index is 12.1. The van der Waals surface area contributed by atoms with Crippen LogP contribution in [-0.2, 0) is 10.2 Å². The molecule has 0 atom stereocenters. The summed E-state index contributed by atoms with van der Waals surface area (Å²) in [6.45, 7) is 0.658. The molecule has 0 radical (unpaired) electrons. The van der Waals surface area contributed by atoms with Gasteiger partial charge in [-0.3, -0.25) is 4.79 Å². The summed E-state index contributed by atoms with van der Waals surface area (Å²) in [5, 5.41) is 3.02. The molecule has 1 amide bonds. The van der Waals surface area contributed by atoms with E-state index in [-0.39, 0.29) is 11.3 Å². The molecule has 4 heteroatoms. The Labute approximate surface area is 148 Å². The highest BCUT2D eigenvalue weighted by Crippen LogP contribution is 2.47. The van der Waals surface area contributed by atoms with Crippen LogP contribution in [0.3, 0.4) is 0 Å². The van der Waals surface area contributed by atoms with Gasteiger partial charge >= 0.3 is 0 Å². The average Bonchev–Trinajstić information content (AvgIpc) is 3.46. The van der Waals surface area contributed by atoms with Crippen molar-refractivity contribution in [2.24, 2.45) is 0 Å². The van der Waals surface area contributed by atoms with E-state index < -0.39 is 0 Å². The minimum absolute atomic E-state index is 0.0735. The molecule has 4 nitrogen and oxygen atoms in total. The fraction of sp³-hybridized carbons (Fsp3) is 0.286. The van der Waals surface area contributed by atoms with Crippen LogP contribution in [0.15, 0.2) is 54.6 Å². The lowest BCUT2D eigenvalue weighted by Crippen LogP contribution is -2.30. The standard InChI is InChI=1S/C21H23NO3/c1-24-18-8-3-16(4-9-18)5-12-20(23)22-15-21(13-14-21)17-6-10-19(25-2)11-7-17/h3-12H,13-15H2,1-2H3,(H,22,23)/b12-5+. The molecule has 1 aliphatic rings. The summed E-state index contributed by atoms with van der Waals surface area (Å²) in [4.78, 5) is 12.1. The average molecular weight is 337 g/mol. The predicted molar refractivity (Wildman–Crippen MR) is 98.9 cm³/mol. The summed E-state index contributed by atoms with van der Waals surface area (Å²) in [6, 6.07) is 15.7. The highest BCUT2D eigenvalue weighted by Gasteiger charge is 2.44. The number of carbonyl (C=O) groups is 1. The number of ether oxygens (including phenoxy) is 2. The lowest BCUT2D eigenvalue weighted by molar-refractivity contribution is -0.116. The molecule has 0 unspecified atom stereocenters. The van der Waals surface area contributed by atoms with Gasteiger partial charge in [-0.15, -0.1) is 0 Å². The van der Waals surface area contributed by atoms with Gasteiger partial charge in [0.25, 0.3) is 0 Å². The van der Waals surface area contributed by atoms with Gasteiger partial charge in [0, 0.05) is 18.0 Å². The van der Waals surface area contributed by atoms with E-state index in [2.05, 4.69) is 17.4 Å². The first-order valence-corrected chi connectivity index (χ1v) is 8.40. The largest absolute Gasteiger partial charge is 0.497 e. The van der Waals surface area contributed by atoms with Crippen molar-refractivity contribution < 1.29 is 14.3 Å². The normalized spacial score (nSPS) is 15.0. The number of methoxy groups -OCH3 is 2. The van der Waals surface area contributed by atoms with Crippen LogP contribution in [0.2, 0.25) is 0 Å². The van der Waals surface area contributed by atoms with E-state index in [1.165, 1.54) is 5.56 Å². The second kappa shape index (κ2) is 7.43. The van der Waals surface area contributed by atoms with Crippen molar-refractivity contribution in [1.82, 2.24) is 5.32 Å². The van der Waals surface area contributed by atoms with Crippen LogP contribution in [0.25, 0.3) is 6.08 Å². The Hall–Kier alpha value is -2.75. The summed E-state index contributed by atoms with van der Waals surface area (Å²) in [7, 11) is 3.30. The Balaban J connectivity index is 1.55. The van der Waals surface area contributed by atoms with Crippen molar-refractivity contribution in [3.63, 3.8) is 0 Å². The van der Waals surface area contributed by atoms with Gasteiger partial charge in [0.05, 0.1) is 14.2 Å². The predicted octanol–water partition coefficient (Wildman–Crippen LogP) is 3.57. The highest BCUT2D eigenvalue weighted by molar-refractivity contribution is 5.91. The summed E-state index contributed by atoms with van der Waals surface area (Å²) in [5.41, 5.74) is 2.30. The van der Waals surface area contributed by atoms with Crippen molar-refractivity contribution in [2.45, 2.75) is 18.3 Å². The SMILES string of the molecule is COc1ccc(/C=C/C(=O)NCC2(c3ccc(OC)cc3)CC2)cc1. The molecular weight excluding hydrogens is 314 g/mol. The summed E-state index contributed by atoms with van der Waals surface area (Å²) in [6.07, 6.45) is 5.58. The zero-order chi connectivity index (χ0) is 17.7. The van der Waals surface area contributed by atoms with Crippen molar-refractivity contribution >= 4 is 12.0 Å². The monoisotopic (exact) mass is 337 g/mol. The summed E-state index contributed by atoms with van der Waals surface area (Å²) in [5.74, 6) is 1.58. The quantitative estimate of drug-likeness (QED) is 0.786. The number of carbonyl (C=O) groups excluding carboxylic acids is 1. The van der Waals surface area contributed by atoms with Crippen molar-refractivity contribution in [1.29, 1.82) is 0 Å². The molecular formula is C21H23NO3. The van der Waals surface area contributed by atoms with Crippen LogP contribution in [0.5, 0.6) is 11.5 Å². The minimum Gasteiger partial charge on any atom is -0.497 e. The van der Waals surface area contributed by atoms with Gasteiger partial charge in [0.15, 0.2) is 0 Å². The third-order valence-electron chi connectivity index (χ3n) is 4.70. The van der Waals surface area contributed by atoms with E-state index in [0.717, 1.165) is 29.9 Å². The maximum Gasteiger partial charge on any atom is 0.244 e. The second-order valence-electron chi connectivity index (χ2n) is 6.33. The first kappa shape index (κ1) is 17.1. The Morgan fingerprint density at radius 3 is 2.08 bits per heavy atom. The zero-order valence-corrected chi connectivity index (χ0v) is 14.6. The minimum atomic E-state index is -0.0735. The number of amides is 1. The summed E-state index contributed by atoms with van der Waals surface area (Å²) >= 11 is 0. The van der Waals surface area contributed by atoms with Crippen LogP contribution in [0.4, 0.5) is 0 Å². The smallest absolute Gasteiger partial charge is 0.244 e. The van der Waals surface area contributed by atoms with Gasteiger partial charge < -0.3 is 14.8 Å². The van der Waals surface area contributed by atoms with Gasteiger partial charge in [-0.25, -0.2) is 0 Å². The van der Waals surface area contributed by atoms with Gasteiger partial charge in [-0.05, 0) is 54.3 Å². The van der Waals surface area contributed by atoms with E-state index >= 15 is 0 Å². The number of rotatable bonds is 7. The van der Waals surface area contributed by atoms with Crippen LogP contribution < -0.4 is 14.8 Å². The Bertz CT molecular complexity index is 744. The molecule has 2 aromatic rings. The molecule has 1 fully saturated rings. The molecule has 2 aromatic carbocycles. The lowest BCUT2D eigenvalue weighted by atomic mass is 9.96.